The molecule has 1 unspecified atom stereocenters. The van der Waals surface area contributed by atoms with Gasteiger partial charge in [0.1, 0.15) is 0 Å². The minimum atomic E-state index is -3.04. The third kappa shape index (κ3) is 3.39. The van der Waals surface area contributed by atoms with Crippen molar-refractivity contribution < 1.29 is 13.2 Å². The Morgan fingerprint density at radius 1 is 1.56 bits per heavy atom. The lowest BCUT2D eigenvalue weighted by atomic mass is 9.93. The van der Waals surface area contributed by atoms with Crippen LogP contribution in [0.5, 0.6) is 0 Å². The average molecular weight is 292 g/mol. The van der Waals surface area contributed by atoms with E-state index in [1.54, 1.807) is 13.8 Å². The maximum Gasteiger partial charge on any atom is 0.230 e. The quantitative estimate of drug-likeness (QED) is 0.571. The molecule has 1 rings (SSSR count). The van der Waals surface area contributed by atoms with E-state index in [1.807, 2.05) is 0 Å². The van der Waals surface area contributed by atoms with E-state index in [4.69, 9.17) is 18.0 Å². The lowest BCUT2D eigenvalue weighted by molar-refractivity contribution is -0.140. The molecule has 0 bridgehead atoms. The fourth-order valence-corrected chi connectivity index (χ4v) is 3.78. The van der Waals surface area contributed by atoms with Crippen molar-refractivity contribution in [1.29, 1.82) is 0 Å². The van der Waals surface area contributed by atoms with Crippen molar-refractivity contribution in [3.63, 3.8) is 0 Å². The van der Waals surface area contributed by atoms with Crippen LogP contribution in [0.1, 0.15) is 20.3 Å². The summed E-state index contributed by atoms with van der Waals surface area (Å²) in [5, 5.41) is 0. The van der Waals surface area contributed by atoms with Crippen LogP contribution in [0, 0.1) is 17.8 Å². The number of hydrogen-bond donors (Lipinski definition) is 0. The van der Waals surface area contributed by atoms with E-state index in [-0.39, 0.29) is 35.9 Å². The Bertz CT molecular complexity index is 464. The van der Waals surface area contributed by atoms with Crippen LogP contribution >= 0.6 is 11.6 Å². The first-order valence-electron chi connectivity index (χ1n) is 5.74. The molecule has 4 nitrogen and oxygen atoms in total. The third-order valence-electron chi connectivity index (χ3n) is 3.08. The number of nitrogens with zero attached hydrogens (tertiary/aromatic N) is 1. The molecule has 0 radical (unpaired) electrons. The second-order valence-electron chi connectivity index (χ2n) is 5.21. The molecule has 18 heavy (non-hydrogen) atoms. The van der Waals surface area contributed by atoms with Crippen LogP contribution in [0.15, 0.2) is 0 Å². The fraction of sp³-hybridized carbons (Fsp3) is 0.750. The van der Waals surface area contributed by atoms with Gasteiger partial charge in [0.05, 0.1) is 23.5 Å². The molecule has 0 saturated carbocycles. The highest BCUT2D eigenvalue weighted by molar-refractivity contribution is 7.91. The molecule has 0 N–H and O–H groups in total. The number of terminal acetylenes is 1. The molecule has 102 valence electrons. The highest BCUT2D eigenvalue weighted by Crippen LogP contribution is 2.25. The van der Waals surface area contributed by atoms with Crippen LogP contribution in [0.3, 0.4) is 0 Å². The molecule has 1 atom stereocenters. The van der Waals surface area contributed by atoms with E-state index in [2.05, 4.69) is 5.92 Å². The summed E-state index contributed by atoms with van der Waals surface area (Å²) in [6, 6.07) is -0.318. The first kappa shape index (κ1) is 15.3. The van der Waals surface area contributed by atoms with Gasteiger partial charge in [-0.3, -0.25) is 4.79 Å². The topological polar surface area (TPSA) is 54.5 Å². The van der Waals surface area contributed by atoms with Gasteiger partial charge in [0.2, 0.25) is 5.91 Å². The standard InChI is InChI=1S/C12H18ClNO3S/c1-4-6-14(11(15)12(2,3)9-13)10-5-7-18(16,17)8-10/h1,10H,5-9H2,2-3H3. The summed E-state index contributed by atoms with van der Waals surface area (Å²) in [6.07, 6.45) is 5.71. The second-order valence-corrected chi connectivity index (χ2v) is 7.71. The SMILES string of the molecule is C#CCN(C(=O)C(C)(C)CCl)C1CCS(=O)(=O)C1. The van der Waals surface area contributed by atoms with E-state index in [9.17, 15) is 13.2 Å². The summed E-state index contributed by atoms with van der Waals surface area (Å²) in [6.45, 7) is 3.59. The van der Waals surface area contributed by atoms with E-state index in [0.717, 1.165) is 0 Å². The maximum absolute atomic E-state index is 12.3. The molecule has 1 aliphatic rings. The summed E-state index contributed by atoms with van der Waals surface area (Å²) < 4.78 is 23.0. The lowest BCUT2D eigenvalue weighted by Gasteiger charge is -2.33. The van der Waals surface area contributed by atoms with E-state index in [0.29, 0.717) is 6.42 Å². The second kappa shape index (κ2) is 5.50. The van der Waals surface area contributed by atoms with Crippen molar-refractivity contribution in [3.05, 3.63) is 0 Å². The number of amides is 1. The molecule has 1 amide bonds. The molecule has 0 aromatic carbocycles. The van der Waals surface area contributed by atoms with Crippen molar-refractivity contribution in [2.45, 2.75) is 26.3 Å². The number of carbonyl (C=O) groups excluding carboxylic acids is 1. The van der Waals surface area contributed by atoms with Gasteiger partial charge >= 0.3 is 0 Å². The van der Waals surface area contributed by atoms with Crippen molar-refractivity contribution in [2.24, 2.45) is 5.41 Å². The molecule has 0 aromatic heterocycles. The van der Waals surface area contributed by atoms with Crippen LogP contribution in [0.4, 0.5) is 0 Å². The van der Waals surface area contributed by atoms with E-state index < -0.39 is 15.3 Å². The van der Waals surface area contributed by atoms with Gasteiger partial charge in [-0.05, 0) is 20.3 Å². The summed E-state index contributed by atoms with van der Waals surface area (Å²) in [5.41, 5.74) is -0.731. The average Bonchev–Trinajstić information content (AvgIpc) is 2.65. The summed E-state index contributed by atoms with van der Waals surface area (Å²) in [5.74, 6) is 2.52. The third-order valence-corrected chi connectivity index (χ3v) is 5.50. The smallest absolute Gasteiger partial charge is 0.230 e. The van der Waals surface area contributed by atoms with Gasteiger partial charge in [0, 0.05) is 11.9 Å². The molecule has 1 aliphatic heterocycles. The zero-order valence-corrected chi connectivity index (χ0v) is 12.2. The van der Waals surface area contributed by atoms with Crippen molar-refractivity contribution in [1.82, 2.24) is 4.90 Å². The Kier molecular flexibility index (Phi) is 4.68. The number of alkyl halides is 1. The fourth-order valence-electron chi connectivity index (χ4n) is 1.93. The van der Waals surface area contributed by atoms with Gasteiger partial charge in [-0.15, -0.1) is 18.0 Å². The van der Waals surface area contributed by atoms with Crippen molar-refractivity contribution in [2.75, 3.05) is 23.9 Å². The van der Waals surface area contributed by atoms with E-state index >= 15 is 0 Å². The number of rotatable bonds is 4. The summed E-state index contributed by atoms with van der Waals surface area (Å²) in [7, 11) is -3.04. The Morgan fingerprint density at radius 3 is 2.56 bits per heavy atom. The lowest BCUT2D eigenvalue weighted by Crippen LogP contribution is -2.48. The Morgan fingerprint density at radius 2 is 2.17 bits per heavy atom. The Labute approximate surface area is 114 Å². The maximum atomic E-state index is 12.3. The number of hydrogen-bond acceptors (Lipinski definition) is 3. The predicted molar refractivity (Wildman–Crippen MR) is 72.1 cm³/mol. The van der Waals surface area contributed by atoms with Gasteiger partial charge < -0.3 is 4.90 Å². The summed E-state index contributed by atoms with van der Waals surface area (Å²) >= 11 is 5.78. The highest BCUT2D eigenvalue weighted by Gasteiger charge is 2.39. The number of carbonyl (C=O) groups is 1. The zero-order valence-electron chi connectivity index (χ0n) is 10.6. The zero-order chi connectivity index (χ0) is 14.0. The van der Waals surface area contributed by atoms with Gasteiger partial charge in [-0.1, -0.05) is 5.92 Å². The molecule has 1 saturated heterocycles. The predicted octanol–water partition coefficient (Wildman–Crippen LogP) is 0.900. The highest BCUT2D eigenvalue weighted by atomic mass is 35.5. The number of sulfone groups is 1. The van der Waals surface area contributed by atoms with Gasteiger partial charge in [-0.25, -0.2) is 8.42 Å². The molecular weight excluding hydrogens is 274 g/mol. The Balaban J connectivity index is 2.91. The molecule has 1 heterocycles. The minimum Gasteiger partial charge on any atom is -0.327 e. The van der Waals surface area contributed by atoms with Crippen LogP contribution in [-0.4, -0.2) is 49.2 Å². The summed E-state index contributed by atoms with van der Waals surface area (Å²) in [4.78, 5) is 13.8. The normalized spacial score (nSPS) is 22.4. The van der Waals surface area contributed by atoms with Crippen LogP contribution in [0.25, 0.3) is 0 Å². The van der Waals surface area contributed by atoms with Gasteiger partial charge in [0.15, 0.2) is 9.84 Å². The first-order valence-corrected chi connectivity index (χ1v) is 8.10. The van der Waals surface area contributed by atoms with Crippen LogP contribution < -0.4 is 0 Å². The first-order chi connectivity index (χ1) is 8.23. The minimum absolute atomic E-state index is 0.00120. The van der Waals surface area contributed by atoms with Crippen LogP contribution in [-0.2, 0) is 14.6 Å². The van der Waals surface area contributed by atoms with Crippen molar-refractivity contribution in [3.8, 4) is 12.3 Å². The molecule has 0 spiro atoms. The van der Waals surface area contributed by atoms with E-state index in [1.165, 1.54) is 4.90 Å². The molecule has 6 heteroatoms. The monoisotopic (exact) mass is 291 g/mol. The van der Waals surface area contributed by atoms with Gasteiger partial charge in [0.25, 0.3) is 0 Å². The molecular formula is C12H18ClNO3S. The van der Waals surface area contributed by atoms with Crippen LogP contribution in [0.2, 0.25) is 0 Å². The largest absolute Gasteiger partial charge is 0.327 e. The Hall–Kier alpha value is -0.730. The molecule has 0 aliphatic carbocycles. The molecule has 0 aromatic rings. The van der Waals surface area contributed by atoms with Gasteiger partial charge in [-0.2, -0.15) is 0 Å². The number of halogens is 1. The van der Waals surface area contributed by atoms with Crippen molar-refractivity contribution >= 4 is 27.3 Å². The molecule has 1 fully saturated rings.